The van der Waals surface area contributed by atoms with Gasteiger partial charge in [-0.1, -0.05) is 32.4 Å². The Morgan fingerprint density at radius 1 is 1.24 bits per heavy atom. The average Bonchev–Trinajstić information content (AvgIpc) is 2.16. The van der Waals surface area contributed by atoms with Crippen molar-refractivity contribution in [3.63, 3.8) is 0 Å². The van der Waals surface area contributed by atoms with Crippen LogP contribution in [-0.2, 0) is 5.41 Å². The highest BCUT2D eigenvalue weighted by Gasteiger charge is 2.19. The first-order chi connectivity index (χ1) is 7.79. The molecule has 2 rings (SSSR count). The van der Waals surface area contributed by atoms with Gasteiger partial charge in [-0.2, -0.15) is 0 Å². The van der Waals surface area contributed by atoms with Gasteiger partial charge < -0.3 is 5.73 Å². The maximum Gasteiger partial charge on any atom is 0.127 e. The van der Waals surface area contributed by atoms with Crippen molar-refractivity contribution in [1.29, 1.82) is 0 Å². The SMILES string of the molecule is CC(C)(C)c1cc2cc(F)cc(Cl)c2nc1N. The minimum absolute atomic E-state index is 0.135. The largest absolute Gasteiger partial charge is 0.383 e. The Labute approximate surface area is 105 Å². The molecule has 0 aliphatic heterocycles. The number of aromatic nitrogens is 1. The van der Waals surface area contributed by atoms with Crippen LogP contribution in [0, 0.1) is 5.82 Å². The highest BCUT2D eigenvalue weighted by molar-refractivity contribution is 6.35. The summed E-state index contributed by atoms with van der Waals surface area (Å²) < 4.78 is 13.3. The Balaban J connectivity index is 2.81. The lowest BCUT2D eigenvalue weighted by Crippen LogP contribution is -2.15. The lowest BCUT2D eigenvalue weighted by Gasteiger charge is -2.21. The fraction of sp³-hybridized carbons (Fsp3) is 0.308. The maximum absolute atomic E-state index is 13.3. The molecule has 0 unspecified atom stereocenters. The summed E-state index contributed by atoms with van der Waals surface area (Å²) in [6, 6.07) is 4.52. The number of anilines is 1. The number of nitrogens with zero attached hydrogens (tertiary/aromatic N) is 1. The number of halogens is 2. The van der Waals surface area contributed by atoms with Gasteiger partial charge in [0.15, 0.2) is 0 Å². The monoisotopic (exact) mass is 252 g/mol. The Hall–Kier alpha value is -1.35. The van der Waals surface area contributed by atoms with Gasteiger partial charge in [0.1, 0.15) is 11.6 Å². The van der Waals surface area contributed by atoms with Gasteiger partial charge in [0.2, 0.25) is 0 Å². The Morgan fingerprint density at radius 3 is 2.47 bits per heavy atom. The zero-order chi connectivity index (χ0) is 12.8. The second-order valence-electron chi connectivity index (χ2n) is 5.13. The van der Waals surface area contributed by atoms with E-state index in [2.05, 4.69) is 4.98 Å². The van der Waals surface area contributed by atoms with Crippen LogP contribution in [0.5, 0.6) is 0 Å². The van der Waals surface area contributed by atoms with Crippen molar-refractivity contribution in [3.8, 4) is 0 Å². The molecule has 1 aromatic carbocycles. The minimum atomic E-state index is -0.367. The molecule has 0 saturated carbocycles. The van der Waals surface area contributed by atoms with Gasteiger partial charge in [-0.25, -0.2) is 9.37 Å². The van der Waals surface area contributed by atoms with Crippen molar-refractivity contribution < 1.29 is 4.39 Å². The summed E-state index contributed by atoms with van der Waals surface area (Å²) in [5.41, 5.74) is 7.22. The first kappa shape index (κ1) is 12.1. The zero-order valence-corrected chi connectivity index (χ0v) is 10.8. The number of rotatable bonds is 0. The topological polar surface area (TPSA) is 38.9 Å². The van der Waals surface area contributed by atoms with Gasteiger partial charge >= 0.3 is 0 Å². The molecule has 17 heavy (non-hydrogen) atoms. The van der Waals surface area contributed by atoms with Crippen molar-refractivity contribution in [1.82, 2.24) is 4.98 Å². The molecule has 1 aromatic heterocycles. The molecule has 4 heteroatoms. The van der Waals surface area contributed by atoms with E-state index in [-0.39, 0.29) is 16.3 Å². The van der Waals surface area contributed by atoms with Crippen molar-refractivity contribution in [2.24, 2.45) is 0 Å². The van der Waals surface area contributed by atoms with E-state index < -0.39 is 0 Å². The van der Waals surface area contributed by atoms with Crippen LogP contribution in [0.1, 0.15) is 26.3 Å². The van der Waals surface area contributed by atoms with Crippen LogP contribution < -0.4 is 5.73 Å². The standard InChI is InChI=1S/C13H14ClFN2/c1-13(2,3)9-5-7-4-8(15)6-10(14)11(7)17-12(9)16/h4-6H,1-3H3,(H2,16,17). The minimum Gasteiger partial charge on any atom is -0.383 e. The third-order valence-electron chi connectivity index (χ3n) is 2.67. The zero-order valence-electron chi connectivity index (χ0n) is 10.0. The highest BCUT2D eigenvalue weighted by atomic mass is 35.5. The summed E-state index contributed by atoms with van der Waals surface area (Å²) in [6.07, 6.45) is 0. The molecule has 0 aliphatic carbocycles. The third-order valence-corrected chi connectivity index (χ3v) is 2.96. The molecule has 0 spiro atoms. The molecule has 2 aromatic rings. The van der Waals surface area contributed by atoms with Gasteiger partial charge in [0, 0.05) is 10.9 Å². The molecule has 2 N–H and O–H groups in total. The molecule has 0 amide bonds. The van der Waals surface area contributed by atoms with Crippen LogP contribution in [0.15, 0.2) is 18.2 Å². The Morgan fingerprint density at radius 2 is 1.88 bits per heavy atom. The molecule has 2 nitrogen and oxygen atoms in total. The summed E-state index contributed by atoms with van der Waals surface area (Å²) in [5, 5.41) is 0.960. The van der Waals surface area contributed by atoms with Crippen LogP contribution in [0.2, 0.25) is 5.02 Å². The van der Waals surface area contributed by atoms with Crippen LogP contribution in [0.4, 0.5) is 10.2 Å². The van der Waals surface area contributed by atoms with Gasteiger partial charge in [0.25, 0.3) is 0 Å². The summed E-state index contributed by atoms with van der Waals surface area (Å²) in [6.45, 7) is 6.10. The van der Waals surface area contributed by atoms with E-state index >= 15 is 0 Å². The summed E-state index contributed by atoms with van der Waals surface area (Å²) in [5.74, 6) is 0.0763. The second-order valence-corrected chi connectivity index (χ2v) is 5.54. The summed E-state index contributed by atoms with van der Waals surface area (Å²) in [4.78, 5) is 4.26. The number of nitrogens with two attached hydrogens (primary N) is 1. The number of benzene rings is 1. The first-order valence-corrected chi connectivity index (χ1v) is 5.72. The molecule has 0 aliphatic rings. The number of nitrogen functional groups attached to an aromatic ring is 1. The van der Waals surface area contributed by atoms with E-state index in [9.17, 15) is 4.39 Å². The van der Waals surface area contributed by atoms with E-state index in [1.807, 2.05) is 26.8 Å². The van der Waals surface area contributed by atoms with E-state index in [4.69, 9.17) is 17.3 Å². The van der Waals surface area contributed by atoms with Crippen molar-refractivity contribution in [2.45, 2.75) is 26.2 Å². The van der Waals surface area contributed by atoms with Crippen LogP contribution in [0.3, 0.4) is 0 Å². The second kappa shape index (κ2) is 3.84. The number of hydrogen-bond acceptors (Lipinski definition) is 2. The average molecular weight is 253 g/mol. The molecule has 90 valence electrons. The molecule has 0 bridgehead atoms. The first-order valence-electron chi connectivity index (χ1n) is 5.35. The number of pyridine rings is 1. The molecule has 0 saturated heterocycles. The van der Waals surface area contributed by atoms with Crippen molar-refractivity contribution >= 4 is 28.3 Å². The Kier molecular flexibility index (Phi) is 2.74. The van der Waals surface area contributed by atoms with Crippen LogP contribution >= 0.6 is 11.6 Å². The van der Waals surface area contributed by atoms with Crippen molar-refractivity contribution in [2.75, 3.05) is 5.73 Å². The molecular weight excluding hydrogens is 239 g/mol. The molecule has 0 radical (unpaired) electrons. The fourth-order valence-corrected chi connectivity index (χ4v) is 2.08. The van der Waals surface area contributed by atoms with E-state index in [1.54, 1.807) is 0 Å². The normalized spacial score (nSPS) is 12.1. The predicted molar refractivity (Wildman–Crippen MR) is 69.8 cm³/mol. The van der Waals surface area contributed by atoms with Gasteiger partial charge in [-0.15, -0.1) is 0 Å². The number of hydrogen-bond donors (Lipinski definition) is 1. The fourth-order valence-electron chi connectivity index (χ4n) is 1.82. The quantitative estimate of drug-likeness (QED) is 0.772. The van der Waals surface area contributed by atoms with E-state index in [0.717, 1.165) is 5.56 Å². The summed E-state index contributed by atoms with van der Waals surface area (Å²) in [7, 11) is 0. The highest BCUT2D eigenvalue weighted by Crippen LogP contribution is 2.32. The van der Waals surface area contributed by atoms with Crippen molar-refractivity contribution in [3.05, 3.63) is 34.6 Å². The predicted octanol–water partition coefficient (Wildman–Crippen LogP) is 3.91. The number of fused-ring (bicyclic) bond motifs is 1. The maximum atomic E-state index is 13.3. The molecule has 0 fully saturated rings. The third kappa shape index (κ3) is 2.20. The smallest absolute Gasteiger partial charge is 0.127 e. The molecule has 1 heterocycles. The Bertz CT molecular complexity index is 588. The van der Waals surface area contributed by atoms with Gasteiger partial charge in [-0.05, 0) is 23.6 Å². The molecular formula is C13H14ClFN2. The van der Waals surface area contributed by atoms with Crippen LogP contribution in [-0.4, -0.2) is 4.98 Å². The van der Waals surface area contributed by atoms with Gasteiger partial charge in [0.05, 0.1) is 10.5 Å². The lowest BCUT2D eigenvalue weighted by molar-refractivity contribution is 0.591. The van der Waals surface area contributed by atoms with Gasteiger partial charge in [-0.3, -0.25) is 0 Å². The van der Waals surface area contributed by atoms with E-state index in [1.165, 1.54) is 12.1 Å². The van der Waals surface area contributed by atoms with E-state index in [0.29, 0.717) is 16.7 Å². The van der Waals surface area contributed by atoms with Crippen LogP contribution in [0.25, 0.3) is 10.9 Å². The lowest BCUT2D eigenvalue weighted by atomic mass is 9.86. The molecule has 0 atom stereocenters. The summed E-state index contributed by atoms with van der Waals surface area (Å²) >= 11 is 5.94.